The summed E-state index contributed by atoms with van der Waals surface area (Å²) >= 11 is 0. The molecule has 0 aliphatic rings. The molecule has 0 unspecified atom stereocenters. The van der Waals surface area contributed by atoms with Gasteiger partial charge in [-0.05, 0) is 25.1 Å². The molecule has 1 aromatic carbocycles. The van der Waals surface area contributed by atoms with Crippen LogP contribution in [-0.4, -0.2) is 31.5 Å². The van der Waals surface area contributed by atoms with Crippen molar-refractivity contribution in [3.05, 3.63) is 29.8 Å². The molecule has 0 saturated carbocycles. The lowest BCUT2D eigenvalue weighted by atomic mass is 10.2. The summed E-state index contributed by atoms with van der Waals surface area (Å²) < 4.78 is 4.90. The Hall–Kier alpha value is -2.57. The lowest BCUT2D eigenvalue weighted by molar-refractivity contribution is 0.0526. The van der Waals surface area contributed by atoms with Crippen LogP contribution in [-0.2, 0) is 4.74 Å². The maximum Gasteiger partial charge on any atom is 0.338 e. The largest absolute Gasteiger partial charge is 0.462 e. The van der Waals surface area contributed by atoms with Gasteiger partial charge in [0, 0.05) is 12.7 Å². The zero-order valence-corrected chi connectivity index (χ0v) is 10.9. The number of hydrogen-bond donors (Lipinski definition) is 3. The fourth-order valence-corrected chi connectivity index (χ4v) is 1.29. The van der Waals surface area contributed by atoms with Gasteiger partial charge in [-0.25, -0.2) is 4.79 Å². The Bertz CT molecular complexity index is 511. The normalized spacial score (nSPS) is 12.1. The molecular formula is C12H17N5O2. The van der Waals surface area contributed by atoms with E-state index < -0.39 is 5.97 Å². The summed E-state index contributed by atoms with van der Waals surface area (Å²) in [5.74, 6) is -0.244. The molecular weight excluding hydrogens is 246 g/mol. The van der Waals surface area contributed by atoms with E-state index in [-0.39, 0.29) is 11.9 Å². The highest BCUT2D eigenvalue weighted by Gasteiger charge is 2.07. The first-order valence-corrected chi connectivity index (χ1v) is 5.67. The van der Waals surface area contributed by atoms with Gasteiger partial charge in [-0.1, -0.05) is 6.07 Å². The Kier molecular flexibility index (Phi) is 5.34. The Morgan fingerprint density at radius 1 is 1.42 bits per heavy atom. The molecule has 1 rings (SSSR count). The topological polar surface area (TPSA) is 115 Å². The van der Waals surface area contributed by atoms with Gasteiger partial charge in [-0.15, -0.1) is 0 Å². The molecule has 7 nitrogen and oxygen atoms in total. The summed E-state index contributed by atoms with van der Waals surface area (Å²) in [6, 6.07) is 6.71. The van der Waals surface area contributed by atoms with Crippen molar-refractivity contribution < 1.29 is 9.53 Å². The third-order valence-corrected chi connectivity index (χ3v) is 2.11. The minimum atomic E-state index is -0.392. The molecule has 0 aliphatic carbocycles. The van der Waals surface area contributed by atoms with Crippen LogP contribution in [0.5, 0.6) is 0 Å². The van der Waals surface area contributed by atoms with E-state index in [4.69, 9.17) is 16.2 Å². The number of hydrogen-bond acceptors (Lipinski definition) is 3. The van der Waals surface area contributed by atoms with Crippen molar-refractivity contribution in [2.24, 2.45) is 21.5 Å². The Morgan fingerprint density at radius 3 is 2.79 bits per heavy atom. The Morgan fingerprint density at radius 2 is 2.16 bits per heavy atom. The molecule has 0 amide bonds. The number of ether oxygens (including phenoxy) is 1. The number of aliphatic imine (C=N–C) groups is 2. The molecule has 102 valence electrons. The van der Waals surface area contributed by atoms with Crippen molar-refractivity contribution in [3.63, 3.8) is 0 Å². The molecule has 0 spiro atoms. The van der Waals surface area contributed by atoms with Crippen LogP contribution in [0, 0.1) is 0 Å². The van der Waals surface area contributed by atoms with E-state index in [1.807, 2.05) is 0 Å². The molecule has 0 aliphatic heterocycles. The fraction of sp³-hybridized carbons (Fsp3) is 0.250. The molecule has 0 fully saturated rings. The lowest BCUT2D eigenvalue weighted by Gasteiger charge is -2.07. The van der Waals surface area contributed by atoms with Crippen LogP contribution < -0.4 is 16.8 Å². The van der Waals surface area contributed by atoms with Gasteiger partial charge in [0.05, 0.1) is 12.2 Å². The Labute approximate surface area is 111 Å². The highest BCUT2D eigenvalue weighted by Crippen LogP contribution is 2.11. The van der Waals surface area contributed by atoms with E-state index >= 15 is 0 Å². The van der Waals surface area contributed by atoms with Crippen LogP contribution >= 0.6 is 0 Å². The molecule has 0 atom stereocenters. The number of nitrogens with one attached hydrogen (secondary N) is 1. The standard InChI is InChI=1S/C12H17N5O2/c1-3-19-10(18)8-5-4-6-9(7-8)16-12(14)17-11(13)15-2/h4-7H,3H2,1-2H3,(H5,13,14,15,16,17). The van der Waals surface area contributed by atoms with Crippen molar-refractivity contribution >= 4 is 23.6 Å². The van der Waals surface area contributed by atoms with Gasteiger partial charge in [0.25, 0.3) is 0 Å². The quantitative estimate of drug-likeness (QED) is 0.418. The number of benzene rings is 1. The predicted octanol–water partition coefficient (Wildman–Crippen LogP) is 0.534. The van der Waals surface area contributed by atoms with Gasteiger partial charge >= 0.3 is 5.97 Å². The number of carbonyl (C=O) groups excluding carboxylic acids is 1. The molecule has 7 heteroatoms. The molecule has 0 radical (unpaired) electrons. The first kappa shape index (κ1) is 14.5. The zero-order chi connectivity index (χ0) is 14.3. The molecule has 0 aromatic heterocycles. The van der Waals surface area contributed by atoms with Crippen molar-refractivity contribution in [2.75, 3.05) is 19.0 Å². The van der Waals surface area contributed by atoms with Crippen LogP contribution in [0.25, 0.3) is 0 Å². The number of guanidine groups is 2. The maximum absolute atomic E-state index is 11.6. The molecule has 0 heterocycles. The third kappa shape index (κ3) is 4.66. The van der Waals surface area contributed by atoms with Crippen LogP contribution in [0.1, 0.15) is 17.3 Å². The summed E-state index contributed by atoms with van der Waals surface area (Å²) in [5, 5.41) is 2.80. The number of rotatable bonds is 3. The average Bonchev–Trinajstić information content (AvgIpc) is 2.39. The second-order valence-corrected chi connectivity index (χ2v) is 3.51. The Balaban J connectivity index is 2.83. The molecule has 0 bridgehead atoms. The van der Waals surface area contributed by atoms with Crippen LogP contribution in [0.15, 0.2) is 34.3 Å². The number of anilines is 1. The highest BCUT2D eigenvalue weighted by atomic mass is 16.5. The summed E-state index contributed by atoms with van der Waals surface area (Å²) in [7, 11) is 1.51. The van der Waals surface area contributed by atoms with Gasteiger partial charge in [-0.2, -0.15) is 4.99 Å². The summed E-state index contributed by atoms with van der Waals surface area (Å²) in [5.41, 5.74) is 12.1. The third-order valence-electron chi connectivity index (χ3n) is 2.11. The molecule has 5 N–H and O–H groups in total. The molecule has 0 saturated heterocycles. The SMILES string of the molecule is CCOC(=O)c1cccc(N/C(N)=N/C(N)=NC)c1. The first-order valence-electron chi connectivity index (χ1n) is 5.67. The summed E-state index contributed by atoms with van der Waals surface area (Å²) in [6.45, 7) is 2.07. The van der Waals surface area contributed by atoms with E-state index in [0.717, 1.165) is 0 Å². The van der Waals surface area contributed by atoms with Crippen molar-refractivity contribution in [2.45, 2.75) is 6.92 Å². The van der Waals surface area contributed by atoms with Gasteiger partial charge in [0.1, 0.15) is 0 Å². The van der Waals surface area contributed by atoms with Gasteiger partial charge in [0.15, 0.2) is 0 Å². The van der Waals surface area contributed by atoms with Crippen molar-refractivity contribution in [3.8, 4) is 0 Å². The van der Waals surface area contributed by atoms with Crippen molar-refractivity contribution in [1.29, 1.82) is 0 Å². The van der Waals surface area contributed by atoms with E-state index in [0.29, 0.717) is 17.9 Å². The van der Waals surface area contributed by atoms with Gasteiger partial charge < -0.3 is 21.5 Å². The van der Waals surface area contributed by atoms with E-state index in [2.05, 4.69) is 15.3 Å². The van der Waals surface area contributed by atoms with Crippen LogP contribution in [0.2, 0.25) is 0 Å². The zero-order valence-electron chi connectivity index (χ0n) is 10.9. The smallest absolute Gasteiger partial charge is 0.338 e. The second kappa shape index (κ2) is 7.00. The first-order chi connectivity index (χ1) is 9.06. The van der Waals surface area contributed by atoms with E-state index in [1.165, 1.54) is 7.05 Å². The van der Waals surface area contributed by atoms with Gasteiger partial charge in [-0.3, -0.25) is 4.99 Å². The number of nitrogens with two attached hydrogens (primary N) is 2. The molecule has 19 heavy (non-hydrogen) atoms. The van der Waals surface area contributed by atoms with Crippen molar-refractivity contribution in [1.82, 2.24) is 0 Å². The summed E-state index contributed by atoms with van der Waals surface area (Å²) in [4.78, 5) is 19.0. The monoisotopic (exact) mass is 263 g/mol. The fourth-order valence-electron chi connectivity index (χ4n) is 1.29. The predicted molar refractivity (Wildman–Crippen MR) is 75.2 cm³/mol. The summed E-state index contributed by atoms with van der Waals surface area (Å²) in [6.07, 6.45) is 0. The minimum absolute atomic E-state index is 0.0616. The number of esters is 1. The van der Waals surface area contributed by atoms with Crippen LogP contribution in [0.4, 0.5) is 5.69 Å². The second-order valence-electron chi connectivity index (χ2n) is 3.51. The van der Waals surface area contributed by atoms with Gasteiger partial charge in [0.2, 0.25) is 11.9 Å². The highest BCUT2D eigenvalue weighted by molar-refractivity contribution is 6.01. The maximum atomic E-state index is 11.6. The van der Waals surface area contributed by atoms with E-state index in [9.17, 15) is 4.79 Å². The van der Waals surface area contributed by atoms with E-state index in [1.54, 1.807) is 31.2 Å². The van der Waals surface area contributed by atoms with Crippen LogP contribution in [0.3, 0.4) is 0 Å². The average molecular weight is 263 g/mol. The molecule has 1 aromatic rings. The number of nitrogens with zero attached hydrogens (tertiary/aromatic N) is 2. The minimum Gasteiger partial charge on any atom is -0.462 e. The lowest BCUT2D eigenvalue weighted by Crippen LogP contribution is -2.26. The number of carbonyl (C=O) groups is 1.